The summed E-state index contributed by atoms with van der Waals surface area (Å²) in [5.74, 6) is 1.29. The summed E-state index contributed by atoms with van der Waals surface area (Å²) in [7, 11) is 0. The van der Waals surface area contributed by atoms with E-state index in [0.717, 1.165) is 13.0 Å². The topological polar surface area (TPSA) is 63.8 Å². The summed E-state index contributed by atoms with van der Waals surface area (Å²) in [6, 6.07) is 3.87. The summed E-state index contributed by atoms with van der Waals surface area (Å²) >= 11 is 5.81. The van der Waals surface area contributed by atoms with Gasteiger partial charge in [0, 0.05) is 12.2 Å². The van der Waals surface area contributed by atoms with E-state index in [1.807, 2.05) is 0 Å². The number of pyridine rings is 1. The molecule has 0 aliphatic heterocycles. The third kappa shape index (κ3) is 3.35. The van der Waals surface area contributed by atoms with E-state index >= 15 is 0 Å². The number of hydrogen-bond acceptors (Lipinski definition) is 5. The molecule has 2 heterocycles. The Morgan fingerprint density at radius 3 is 2.75 bits per heavy atom. The van der Waals surface area contributed by atoms with Crippen LogP contribution in [-0.2, 0) is 0 Å². The van der Waals surface area contributed by atoms with Crippen LogP contribution < -0.4 is 5.32 Å². The monoisotopic (exact) mass is 294 g/mol. The van der Waals surface area contributed by atoms with Gasteiger partial charge in [0.25, 0.3) is 0 Å². The van der Waals surface area contributed by atoms with E-state index in [4.69, 9.17) is 16.1 Å². The minimum Gasteiger partial charge on any atom is -0.339 e. The highest BCUT2D eigenvalue weighted by Gasteiger charge is 2.22. The summed E-state index contributed by atoms with van der Waals surface area (Å²) in [6.07, 6.45) is 2.58. The summed E-state index contributed by atoms with van der Waals surface area (Å²) in [5, 5.41) is 8.01. The molecule has 6 heteroatoms. The first-order chi connectivity index (χ1) is 9.65. The molecule has 0 aliphatic carbocycles. The summed E-state index contributed by atoms with van der Waals surface area (Å²) in [4.78, 5) is 8.63. The second kappa shape index (κ2) is 6.81. The lowest BCUT2D eigenvalue weighted by Crippen LogP contribution is -2.33. The van der Waals surface area contributed by atoms with E-state index in [2.05, 4.69) is 41.2 Å². The highest BCUT2D eigenvalue weighted by molar-refractivity contribution is 6.30. The van der Waals surface area contributed by atoms with Crippen LogP contribution in [-0.4, -0.2) is 27.7 Å². The molecule has 0 saturated heterocycles. The van der Waals surface area contributed by atoms with Crippen LogP contribution in [0.15, 0.2) is 22.9 Å². The van der Waals surface area contributed by atoms with Crippen molar-refractivity contribution in [2.45, 2.75) is 39.2 Å². The van der Waals surface area contributed by atoms with E-state index in [9.17, 15) is 0 Å². The fourth-order valence-corrected chi connectivity index (χ4v) is 2.25. The Balaban J connectivity index is 2.17. The van der Waals surface area contributed by atoms with Crippen molar-refractivity contribution in [1.29, 1.82) is 0 Å². The first-order valence-electron chi connectivity index (χ1n) is 6.84. The molecule has 2 aromatic rings. The smallest absolute Gasteiger partial charge is 0.231 e. The Hall–Kier alpha value is -1.46. The maximum Gasteiger partial charge on any atom is 0.231 e. The van der Waals surface area contributed by atoms with Crippen molar-refractivity contribution >= 4 is 11.6 Å². The average Bonchev–Trinajstić information content (AvgIpc) is 2.94. The zero-order valence-electron chi connectivity index (χ0n) is 11.9. The first kappa shape index (κ1) is 14.9. The molecule has 0 spiro atoms. The second-order valence-electron chi connectivity index (χ2n) is 4.68. The van der Waals surface area contributed by atoms with Gasteiger partial charge in [-0.1, -0.05) is 37.5 Å². The average molecular weight is 295 g/mol. The number of likely N-dealkylation sites (N-methyl/N-ethyl adjacent to an activating group) is 1. The van der Waals surface area contributed by atoms with Crippen LogP contribution in [0.1, 0.15) is 39.0 Å². The zero-order chi connectivity index (χ0) is 14.5. The SMILES string of the molecule is CCNC(CC)C(C)c1nc(-c2ccc(Cl)cn2)no1. The lowest BCUT2D eigenvalue weighted by atomic mass is 9.99. The maximum atomic E-state index is 5.81. The lowest BCUT2D eigenvalue weighted by Gasteiger charge is -2.20. The molecular formula is C14H19ClN4O. The molecule has 0 radical (unpaired) electrons. The van der Waals surface area contributed by atoms with Crippen molar-refractivity contribution in [2.24, 2.45) is 0 Å². The van der Waals surface area contributed by atoms with Gasteiger partial charge in [0.05, 0.1) is 10.9 Å². The van der Waals surface area contributed by atoms with Crippen LogP contribution in [0.25, 0.3) is 11.5 Å². The number of aromatic nitrogens is 3. The number of hydrogen-bond donors (Lipinski definition) is 1. The van der Waals surface area contributed by atoms with E-state index < -0.39 is 0 Å². The van der Waals surface area contributed by atoms with Crippen molar-refractivity contribution in [1.82, 2.24) is 20.4 Å². The van der Waals surface area contributed by atoms with Gasteiger partial charge in [-0.2, -0.15) is 4.98 Å². The van der Waals surface area contributed by atoms with Crippen LogP contribution in [0.3, 0.4) is 0 Å². The Morgan fingerprint density at radius 1 is 1.35 bits per heavy atom. The fourth-order valence-electron chi connectivity index (χ4n) is 2.14. The van der Waals surface area contributed by atoms with Gasteiger partial charge in [0.15, 0.2) is 0 Å². The van der Waals surface area contributed by atoms with Gasteiger partial charge in [-0.15, -0.1) is 0 Å². The van der Waals surface area contributed by atoms with Crippen LogP contribution in [0.5, 0.6) is 0 Å². The Morgan fingerprint density at radius 2 is 2.15 bits per heavy atom. The number of nitrogens with one attached hydrogen (secondary N) is 1. The predicted octanol–water partition coefficient (Wildman–Crippen LogP) is 3.28. The minimum absolute atomic E-state index is 0.161. The van der Waals surface area contributed by atoms with Crippen molar-refractivity contribution in [3.8, 4) is 11.5 Å². The van der Waals surface area contributed by atoms with E-state index in [1.54, 1.807) is 18.3 Å². The minimum atomic E-state index is 0.161. The van der Waals surface area contributed by atoms with Gasteiger partial charge in [0.1, 0.15) is 5.69 Å². The van der Waals surface area contributed by atoms with Gasteiger partial charge in [0.2, 0.25) is 11.7 Å². The van der Waals surface area contributed by atoms with Crippen LogP contribution in [0, 0.1) is 0 Å². The largest absolute Gasteiger partial charge is 0.339 e. The quantitative estimate of drug-likeness (QED) is 0.886. The maximum absolute atomic E-state index is 5.81. The predicted molar refractivity (Wildman–Crippen MR) is 78.7 cm³/mol. The number of halogens is 1. The molecule has 108 valence electrons. The molecule has 2 aromatic heterocycles. The van der Waals surface area contributed by atoms with Gasteiger partial charge < -0.3 is 9.84 Å². The molecule has 0 aliphatic rings. The summed E-state index contributed by atoms with van der Waals surface area (Å²) < 4.78 is 5.37. The molecular weight excluding hydrogens is 276 g/mol. The fraction of sp³-hybridized carbons (Fsp3) is 0.500. The molecule has 0 aromatic carbocycles. The highest BCUT2D eigenvalue weighted by Crippen LogP contribution is 2.22. The van der Waals surface area contributed by atoms with E-state index in [-0.39, 0.29) is 5.92 Å². The van der Waals surface area contributed by atoms with Crippen LogP contribution in [0.4, 0.5) is 0 Å². The van der Waals surface area contributed by atoms with Crippen LogP contribution >= 0.6 is 11.6 Å². The van der Waals surface area contributed by atoms with Crippen molar-refractivity contribution < 1.29 is 4.52 Å². The summed E-state index contributed by atoms with van der Waals surface area (Å²) in [6.45, 7) is 7.24. The first-order valence-corrected chi connectivity index (χ1v) is 7.22. The van der Waals surface area contributed by atoms with Gasteiger partial charge in [-0.3, -0.25) is 4.98 Å². The molecule has 0 saturated carbocycles. The molecule has 5 nitrogen and oxygen atoms in total. The number of rotatable bonds is 6. The highest BCUT2D eigenvalue weighted by atomic mass is 35.5. The van der Waals surface area contributed by atoms with E-state index in [0.29, 0.717) is 28.5 Å². The normalized spacial score (nSPS) is 14.2. The lowest BCUT2D eigenvalue weighted by molar-refractivity contribution is 0.321. The van der Waals surface area contributed by atoms with Crippen molar-refractivity contribution in [3.05, 3.63) is 29.2 Å². The molecule has 2 rings (SSSR count). The van der Waals surface area contributed by atoms with E-state index in [1.165, 1.54) is 0 Å². The van der Waals surface area contributed by atoms with Gasteiger partial charge in [-0.05, 0) is 25.1 Å². The Kier molecular flexibility index (Phi) is 5.09. The number of nitrogens with zero attached hydrogens (tertiary/aromatic N) is 3. The third-order valence-corrected chi connectivity index (χ3v) is 3.52. The molecule has 0 amide bonds. The van der Waals surface area contributed by atoms with Crippen LogP contribution in [0.2, 0.25) is 5.02 Å². The Bertz CT molecular complexity index is 540. The molecule has 1 N–H and O–H groups in total. The molecule has 20 heavy (non-hydrogen) atoms. The molecule has 2 unspecified atom stereocenters. The Labute approximate surface area is 123 Å². The molecule has 2 atom stereocenters. The molecule has 0 bridgehead atoms. The molecule has 0 fully saturated rings. The third-order valence-electron chi connectivity index (χ3n) is 3.30. The summed E-state index contributed by atoms with van der Waals surface area (Å²) in [5.41, 5.74) is 0.660. The van der Waals surface area contributed by atoms with Gasteiger partial charge >= 0.3 is 0 Å². The second-order valence-corrected chi connectivity index (χ2v) is 5.12. The standard InChI is InChI=1S/C14H19ClN4O/c1-4-11(16-5-2)9(3)14-18-13(19-20-14)12-7-6-10(15)8-17-12/h6-9,11,16H,4-5H2,1-3H3. The van der Waals surface area contributed by atoms with Gasteiger partial charge in [-0.25, -0.2) is 0 Å². The van der Waals surface area contributed by atoms with Crippen molar-refractivity contribution in [3.63, 3.8) is 0 Å². The van der Waals surface area contributed by atoms with Crippen molar-refractivity contribution in [2.75, 3.05) is 6.54 Å². The zero-order valence-corrected chi connectivity index (χ0v) is 12.7.